The van der Waals surface area contributed by atoms with Gasteiger partial charge in [-0.05, 0) is 38.2 Å². The molecular formula is C27H39FN4O4. The van der Waals surface area contributed by atoms with Gasteiger partial charge >= 0.3 is 5.97 Å². The van der Waals surface area contributed by atoms with E-state index in [1.165, 1.54) is 12.6 Å². The number of aliphatic carboxylic acids is 1. The van der Waals surface area contributed by atoms with Crippen molar-refractivity contribution in [2.45, 2.75) is 90.3 Å². The van der Waals surface area contributed by atoms with E-state index in [0.29, 0.717) is 11.2 Å². The first kappa shape index (κ1) is 27.5. The van der Waals surface area contributed by atoms with Crippen LogP contribution in [0.25, 0.3) is 10.9 Å². The Morgan fingerprint density at radius 1 is 1.14 bits per heavy atom. The molecule has 0 aliphatic heterocycles. The number of hydrogen-bond donors (Lipinski definition) is 3. The van der Waals surface area contributed by atoms with E-state index in [-0.39, 0.29) is 35.1 Å². The van der Waals surface area contributed by atoms with Gasteiger partial charge in [0.1, 0.15) is 11.6 Å². The van der Waals surface area contributed by atoms with Crippen molar-refractivity contribution in [1.82, 2.24) is 9.88 Å². The predicted molar refractivity (Wildman–Crippen MR) is 142 cm³/mol. The summed E-state index contributed by atoms with van der Waals surface area (Å²) >= 11 is 0. The normalized spacial score (nSPS) is 15.2. The SMILES string of the molecule is CCC(NC(=O)c1cn(C(CC)CC)c2cc(NC3CCCCC3)c(F)c(N(C)C)c2c1=O)C(=O)O. The molecule has 8 nitrogen and oxygen atoms in total. The lowest BCUT2D eigenvalue weighted by Gasteiger charge is -2.28. The van der Waals surface area contributed by atoms with Crippen molar-refractivity contribution < 1.29 is 19.1 Å². The number of amides is 1. The fourth-order valence-electron chi connectivity index (χ4n) is 5.17. The number of rotatable bonds is 10. The summed E-state index contributed by atoms with van der Waals surface area (Å²) in [6.45, 7) is 5.68. The Balaban J connectivity index is 2.29. The zero-order chi connectivity index (χ0) is 26.6. The first-order valence-corrected chi connectivity index (χ1v) is 13.0. The van der Waals surface area contributed by atoms with Crippen LogP contribution in [-0.4, -0.2) is 47.7 Å². The Kier molecular flexibility index (Phi) is 8.98. The fourth-order valence-corrected chi connectivity index (χ4v) is 5.17. The Labute approximate surface area is 211 Å². The van der Waals surface area contributed by atoms with E-state index < -0.39 is 29.2 Å². The summed E-state index contributed by atoms with van der Waals surface area (Å²) in [6.07, 6.45) is 8.46. The van der Waals surface area contributed by atoms with Gasteiger partial charge in [-0.1, -0.05) is 40.0 Å². The second-order valence-electron chi connectivity index (χ2n) is 9.88. The van der Waals surface area contributed by atoms with Crippen LogP contribution in [0.1, 0.15) is 88.5 Å². The number of aromatic nitrogens is 1. The second-order valence-corrected chi connectivity index (χ2v) is 9.88. The summed E-state index contributed by atoms with van der Waals surface area (Å²) in [5.41, 5.74) is 0.224. The summed E-state index contributed by atoms with van der Waals surface area (Å²) in [5.74, 6) is -2.48. The molecule has 198 valence electrons. The zero-order valence-electron chi connectivity index (χ0n) is 22.0. The molecule has 9 heteroatoms. The van der Waals surface area contributed by atoms with Crippen LogP contribution in [0.3, 0.4) is 0 Å². The number of nitrogens with zero attached hydrogens (tertiary/aromatic N) is 2. The quantitative estimate of drug-likeness (QED) is 0.427. The third kappa shape index (κ3) is 5.50. The van der Waals surface area contributed by atoms with Crippen LogP contribution in [0.5, 0.6) is 0 Å². The minimum Gasteiger partial charge on any atom is -0.480 e. The first-order chi connectivity index (χ1) is 17.1. The van der Waals surface area contributed by atoms with Gasteiger partial charge < -0.3 is 25.2 Å². The molecule has 1 unspecified atom stereocenters. The van der Waals surface area contributed by atoms with Crippen molar-refractivity contribution in [3.05, 3.63) is 33.9 Å². The monoisotopic (exact) mass is 502 g/mol. The van der Waals surface area contributed by atoms with Crippen molar-refractivity contribution in [2.75, 3.05) is 24.3 Å². The van der Waals surface area contributed by atoms with Crippen molar-refractivity contribution in [3.63, 3.8) is 0 Å². The molecule has 1 aliphatic rings. The summed E-state index contributed by atoms with van der Waals surface area (Å²) in [6, 6.07) is 0.700. The van der Waals surface area contributed by atoms with E-state index in [1.54, 1.807) is 32.0 Å². The summed E-state index contributed by atoms with van der Waals surface area (Å²) in [4.78, 5) is 39.9. The Bertz CT molecular complexity index is 1170. The van der Waals surface area contributed by atoms with Gasteiger partial charge in [0.25, 0.3) is 5.91 Å². The minimum atomic E-state index is -1.18. The van der Waals surface area contributed by atoms with Gasteiger partial charge in [-0.2, -0.15) is 0 Å². The lowest BCUT2D eigenvalue weighted by Crippen LogP contribution is -2.42. The lowest BCUT2D eigenvalue weighted by molar-refractivity contribution is -0.139. The number of halogens is 1. The molecule has 0 bridgehead atoms. The number of carboxylic acid groups (broad SMARTS) is 1. The van der Waals surface area contributed by atoms with Crippen LogP contribution >= 0.6 is 0 Å². The topological polar surface area (TPSA) is 104 Å². The Morgan fingerprint density at radius 2 is 1.78 bits per heavy atom. The second kappa shape index (κ2) is 11.8. The van der Waals surface area contributed by atoms with Gasteiger partial charge in [0.05, 0.1) is 22.3 Å². The highest BCUT2D eigenvalue weighted by molar-refractivity contribution is 6.03. The number of pyridine rings is 1. The average Bonchev–Trinajstić information content (AvgIpc) is 2.85. The summed E-state index contributed by atoms with van der Waals surface area (Å²) in [7, 11) is 3.35. The molecule has 0 radical (unpaired) electrons. The molecule has 1 atom stereocenters. The first-order valence-electron chi connectivity index (χ1n) is 13.0. The molecule has 0 saturated heterocycles. The third-order valence-electron chi connectivity index (χ3n) is 7.24. The highest BCUT2D eigenvalue weighted by Gasteiger charge is 2.27. The van der Waals surface area contributed by atoms with Crippen molar-refractivity contribution in [1.29, 1.82) is 0 Å². The molecule has 3 rings (SSSR count). The van der Waals surface area contributed by atoms with Crippen LogP contribution in [0.2, 0.25) is 0 Å². The molecule has 0 spiro atoms. The molecule has 1 aliphatic carbocycles. The standard InChI is InChI=1S/C27H39FN4O4/c1-6-17(7-2)32-15-18(26(34)30-19(8-3)27(35)36)25(33)22-21(32)14-20(23(28)24(22)31(4)5)29-16-12-10-9-11-13-16/h14-17,19,29H,6-13H2,1-5H3,(H,30,34)(H,35,36). The smallest absolute Gasteiger partial charge is 0.326 e. The van der Waals surface area contributed by atoms with Crippen molar-refractivity contribution in [3.8, 4) is 0 Å². The molecule has 36 heavy (non-hydrogen) atoms. The fraction of sp³-hybridized carbons (Fsp3) is 0.593. The summed E-state index contributed by atoms with van der Waals surface area (Å²) < 4.78 is 17.8. The molecule has 2 aromatic rings. The maximum absolute atomic E-state index is 16.0. The van der Waals surface area contributed by atoms with Gasteiger partial charge in [-0.3, -0.25) is 9.59 Å². The molecule has 1 aromatic carbocycles. The predicted octanol–water partition coefficient (Wildman–Crippen LogP) is 4.91. The van der Waals surface area contributed by atoms with E-state index in [1.807, 2.05) is 18.4 Å². The van der Waals surface area contributed by atoms with Crippen LogP contribution in [0.4, 0.5) is 15.8 Å². The van der Waals surface area contributed by atoms with Crippen molar-refractivity contribution >= 4 is 34.2 Å². The van der Waals surface area contributed by atoms with Crippen LogP contribution in [0.15, 0.2) is 17.1 Å². The third-order valence-corrected chi connectivity index (χ3v) is 7.24. The van der Waals surface area contributed by atoms with E-state index in [9.17, 15) is 19.5 Å². The van der Waals surface area contributed by atoms with Crippen LogP contribution < -0.4 is 21.0 Å². The highest BCUT2D eigenvalue weighted by atomic mass is 19.1. The number of carbonyl (C=O) groups is 2. The molecular weight excluding hydrogens is 463 g/mol. The maximum atomic E-state index is 16.0. The number of fused-ring (bicyclic) bond motifs is 1. The molecule has 1 heterocycles. The average molecular weight is 503 g/mol. The Morgan fingerprint density at radius 3 is 2.31 bits per heavy atom. The minimum absolute atomic E-state index is 0.0379. The lowest BCUT2D eigenvalue weighted by atomic mass is 9.95. The zero-order valence-corrected chi connectivity index (χ0v) is 22.0. The van der Waals surface area contributed by atoms with E-state index in [0.717, 1.165) is 38.5 Å². The molecule has 1 aromatic heterocycles. The number of hydrogen-bond acceptors (Lipinski definition) is 5. The molecule has 3 N–H and O–H groups in total. The van der Waals surface area contributed by atoms with Gasteiger partial charge in [-0.15, -0.1) is 0 Å². The largest absolute Gasteiger partial charge is 0.480 e. The number of carboxylic acids is 1. The van der Waals surface area contributed by atoms with E-state index >= 15 is 4.39 Å². The number of anilines is 2. The number of carbonyl (C=O) groups excluding carboxylic acids is 1. The van der Waals surface area contributed by atoms with Gasteiger partial charge in [0.2, 0.25) is 5.43 Å². The Hall–Kier alpha value is -3.10. The highest BCUT2D eigenvalue weighted by Crippen LogP contribution is 2.36. The van der Waals surface area contributed by atoms with Crippen LogP contribution in [-0.2, 0) is 4.79 Å². The number of nitrogens with one attached hydrogen (secondary N) is 2. The van der Waals surface area contributed by atoms with Crippen LogP contribution in [0, 0.1) is 5.82 Å². The number of benzene rings is 1. The molecule has 1 amide bonds. The van der Waals surface area contributed by atoms with E-state index in [2.05, 4.69) is 10.6 Å². The molecule has 1 saturated carbocycles. The summed E-state index contributed by atoms with van der Waals surface area (Å²) in [5, 5.41) is 15.3. The van der Waals surface area contributed by atoms with Gasteiger partial charge in [0, 0.05) is 32.4 Å². The molecule has 1 fully saturated rings. The van der Waals surface area contributed by atoms with Gasteiger partial charge in [-0.25, -0.2) is 9.18 Å². The van der Waals surface area contributed by atoms with E-state index in [4.69, 9.17) is 0 Å². The van der Waals surface area contributed by atoms with Crippen molar-refractivity contribution in [2.24, 2.45) is 0 Å². The van der Waals surface area contributed by atoms with Gasteiger partial charge in [0.15, 0.2) is 5.82 Å². The maximum Gasteiger partial charge on any atom is 0.326 e.